The van der Waals surface area contributed by atoms with Gasteiger partial charge in [-0.25, -0.2) is 0 Å². The van der Waals surface area contributed by atoms with Gasteiger partial charge in [-0.3, -0.25) is 4.79 Å². The van der Waals surface area contributed by atoms with E-state index in [1.807, 2.05) is 0 Å². The van der Waals surface area contributed by atoms with Gasteiger partial charge in [0.1, 0.15) is 0 Å². The molecule has 4 heteroatoms. The Morgan fingerprint density at radius 3 is 2.80 bits per heavy atom. The van der Waals surface area contributed by atoms with Crippen LogP contribution in [-0.2, 0) is 4.79 Å². The standard InChI is InChI=1S/C11H19NO2S/c13-9-4-1-3-8(9)7-12-11(14)10-5-2-6-15-10/h8-10,13H,1-7H2,(H,12,14). The van der Waals surface area contributed by atoms with Crippen LogP contribution in [0.3, 0.4) is 0 Å². The Labute approximate surface area is 95.0 Å². The minimum absolute atomic E-state index is 0.170. The van der Waals surface area contributed by atoms with Crippen LogP contribution in [0.15, 0.2) is 0 Å². The van der Waals surface area contributed by atoms with E-state index >= 15 is 0 Å². The zero-order valence-electron chi connectivity index (χ0n) is 8.95. The van der Waals surface area contributed by atoms with E-state index in [1.165, 1.54) is 0 Å². The van der Waals surface area contributed by atoms with Gasteiger partial charge in [0, 0.05) is 12.5 Å². The van der Waals surface area contributed by atoms with E-state index in [2.05, 4.69) is 5.32 Å². The summed E-state index contributed by atoms with van der Waals surface area (Å²) in [4.78, 5) is 11.7. The second-order valence-electron chi connectivity index (χ2n) is 4.51. The fourth-order valence-corrected chi connectivity index (χ4v) is 3.57. The smallest absolute Gasteiger partial charge is 0.233 e. The normalized spacial score (nSPS) is 35.7. The van der Waals surface area contributed by atoms with Gasteiger partial charge in [-0.15, -0.1) is 11.8 Å². The van der Waals surface area contributed by atoms with E-state index in [0.29, 0.717) is 12.5 Å². The first kappa shape index (κ1) is 11.3. The van der Waals surface area contributed by atoms with Gasteiger partial charge in [0.25, 0.3) is 0 Å². The Kier molecular flexibility index (Phi) is 3.92. The van der Waals surface area contributed by atoms with Crippen molar-refractivity contribution >= 4 is 17.7 Å². The summed E-state index contributed by atoms with van der Waals surface area (Å²) in [5, 5.41) is 12.8. The Morgan fingerprint density at radius 1 is 1.33 bits per heavy atom. The topological polar surface area (TPSA) is 49.3 Å². The fraction of sp³-hybridized carbons (Fsp3) is 0.909. The molecule has 1 saturated carbocycles. The zero-order chi connectivity index (χ0) is 10.7. The minimum atomic E-state index is -0.193. The zero-order valence-corrected chi connectivity index (χ0v) is 9.76. The first-order chi connectivity index (χ1) is 7.27. The number of carbonyl (C=O) groups excluding carboxylic acids is 1. The number of amides is 1. The molecule has 3 unspecified atom stereocenters. The molecule has 2 N–H and O–H groups in total. The second kappa shape index (κ2) is 5.21. The summed E-state index contributed by atoms with van der Waals surface area (Å²) in [6.07, 6.45) is 5.04. The Hall–Kier alpha value is -0.220. The number of rotatable bonds is 3. The number of aliphatic hydroxyl groups excluding tert-OH is 1. The third-order valence-corrected chi connectivity index (χ3v) is 4.76. The number of thioether (sulfide) groups is 1. The van der Waals surface area contributed by atoms with Crippen molar-refractivity contribution < 1.29 is 9.90 Å². The van der Waals surface area contributed by atoms with Gasteiger partial charge >= 0.3 is 0 Å². The molecular weight excluding hydrogens is 210 g/mol. The molecule has 2 fully saturated rings. The van der Waals surface area contributed by atoms with Gasteiger partial charge in [0.15, 0.2) is 0 Å². The SMILES string of the molecule is O=C(NCC1CCCC1O)C1CCCS1. The van der Waals surface area contributed by atoms with E-state index < -0.39 is 0 Å². The summed E-state index contributed by atoms with van der Waals surface area (Å²) >= 11 is 1.76. The lowest BCUT2D eigenvalue weighted by atomic mass is 10.1. The summed E-state index contributed by atoms with van der Waals surface area (Å²) in [5.41, 5.74) is 0. The summed E-state index contributed by atoms with van der Waals surface area (Å²) in [6.45, 7) is 0.664. The molecule has 86 valence electrons. The van der Waals surface area contributed by atoms with Gasteiger partial charge in [-0.05, 0) is 31.4 Å². The molecule has 1 aliphatic heterocycles. The highest BCUT2D eigenvalue weighted by atomic mass is 32.2. The van der Waals surface area contributed by atoms with Crippen LogP contribution in [0.1, 0.15) is 32.1 Å². The summed E-state index contributed by atoms with van der Waals surface area (Å²) < 4.78 is 0. The van der Waals surface area contributed by atoms with Crippen LogP contribution in [0.25, 0.3) is 0 Å². The molecule has 3 nitrogen and oxygen atoms in total. The summed E-state index contributed by atoms with van der Waals surface area (Å²) in [7, 11) is 0. The van der Waals surface area contributed by atoms with Crippen molar-refractivity contribution in [3.63, 3.8) is 0 Å². The van der Waals surface area contributed by atoms with Crippen molar-refractivity contribution in [3.8, 4) is 0 Å². The van der Waals surface area contributed by atoms with Gasteiger partial charge < -0.3 is 10.4 Å². The monoisotopic (exact) mass is 229 g/mol. The molecule has 1 aliphatic carbocycles. The van der Waals surface area contributed by atoms with E-state index in [9.17, 15) is 9.90 Å². The van der Waals surface area contributed by atoms with Crippen LogP contribution in [0.2, 0.25) is 0 Å². The van der Waals surface area contributed by atoms with Gasteiger partial charge in [0.05, 0.1) is 11.4 Å². The van der Waals surface area contributed by atoms with Crippen molar-refractivity contribution in [3.05, 3.63) is 0 Å². The number of aliphatic hydroxyl groups is 1. The van der Waals surface area contributed by atoms with Crippen LogP contribution in [-0.4, -0.2) is 34.7 Å². The van der Waals surface area contributed by atoms with Crippen LogP contribution in [0.4, 0.5) is 0 Å². The number of hydrogen-bond donors (Lipinski definition) is 2. The van der Waals surface area contributed by atoms with Gasteiger partial charge in [0.2, 0.25) is 5.91 Å². The number of nitrogens with one attached hydrogen (secondary N) is 1. The molecule has 0 bridgehead atoms. The third-order valence-electron chi connectivity index (χ3n) is 3.38. The van der Waals surface area contributed by atoms with E-state index in [-0.39, 0.29) is 17.3 Å². The predicted molar refractivity (Wildman–Crippen MR) is 61.8 cm³/mol. The van der Waals surface area contributed by atoms with Crippen molar-refractivity contribution in [1.82, 2.24) is 5.32 Å². The number of hydrogen-bond acceptors (Lipinski definition) is 3. The maximum atomic E-state index is 11.7. The van der Waals surface area contributed by atoms with Crippen LogP contribution in [0.5, 0.6) is 0 Å². The first-order valence-electron chi connectivity index (χ1n) is 5.85. The average Bonchev–Trinajstić information content (AvgIpc) is 2.85. The van der Waals surface area contributed by atoms with Crippen LogP contribution < -0.4 is 5.32 Å². The molecule has 0 aromatic heterocycles. The Bertz CT molecular complexity index is 229. The summed E-state index contributed by atoms with van der Waals surface area (Å²) in [5.74, 6) is 1.58. The molecule has 15 heavy (non-hydrogen) atoms. The summed E-state index contributed by atoms with van der Waals surface area (Å²) in [6, 6.07) is 0. The van der Waals surface area contributed by atoms with E-state index in [1.54, 1.807) is 11.8 Å². The maximum Gasteiger partial charge on any atom is 0.233 e. The molecule has 2 aliphatic rings. The second-order valence-corrected chi connectivity index (χ2v) is 5.82. The lowest BCUT2D eigenvalue weighted by molar-refractivity contribution is -0.120. The Morgan fingerprint density at radius 2 is 2.20 bits per heavy atom. The first-order valence-corrected chi connectivity index (χ1v) is 6.89. The highest BCUT2D eigenvalue weighted by Gasteiger charge is 2.27. The molecule has 0 aromatic rings. The molecule has 1 amide bonds. The van der Waals surface area contributed by atoms with Gasteiger partial charge in [-0.2, -0.15) is 0 Å². The fourth-order valence-electron chi connectivity index (χ4n) is 2.39. The molecule has 3 atom stereocenters. The molecule has 1 heterocycles. The quantitative estimate of drug-likeness (QED) is 0.763. The van der Waals surface area contributed by atoms with Crippen molar-refractivity contribution in [2.75, 3.05) is 12.3 Å². The van der Waals surface area contributed by atoms with Crippen molar-refractivity contribution in [1.29, 1.82) is 0 Å². The van der Waals surface area contributed by atoms with Crippen molar-refractivity contribution in [2.24, 2.45) is 5.92 Å². The maximum absolute atomic E-state index is 11.7. The average molecular weight is 229 g/mol. The van der Waals surface area contributed by atoms with E-state index in [4.69, 9.17) is 0 Å². The highest BCUT2D eigenvalue weighted by molar-refractivity contribution is 8.00. The van der Waals surface area contributed by atoms with Gasteiger partial charge in [-0.1, -0.05) is 6.42 Å². The predicted octanol–water partition coefficient (Wildman–Crippen LogP) is 1.16. The Balaban J connectivity index is 1.70. The lowest BCUT2D eigenvalue weighted by Crippen LogP contribution is -2.36. The van der Waals surface area contributed by atoms with E-state index in [0.717, 1.165) is 37.9 Å². The molecular formula is C11H19NO2S. The largest absolute Gasteiger partial charge is 0.393 e. The molecule has 0 spiro atoms. The van der Waals surface area contributed by atoms with Crippen LogP contribution >= 0.6 is 11.8 Å². The highest BCUT2D eigenvalue weighted by Crippen LogP contribution is 2.27. The molecule has 0 radical (unpaired) electrons. The van der Waals surface area contributed by atoms with Crippen LogP contribution in [0, 0.1) is 5.92 Å². The minimum Gasteiger partial charge on any atom is -0.393 e. The lowest BCUT2D eigenvalue weighted by Gasteiger charge is -2.16. The van der Waals surface area contributed by atoms with Crippen molar-refractivity contribution in [2.45, 2.75) is 43.5 Å². The number of carbonyl (C=O) groups is 1. The molecule has 2 rings (SSSR count). The molecule has 0 aromatic carbocycles. The molecule has 1 saturated heterocycles. The third kappa shape index (κ3) is 2.88.